The van der Waals surface area contributed by atoms with Crippen LogP contribution in [-0.4, -0.2) is 6.54 Å². The van der Waals surface area contributed by atoms with Crippen LogP contribution in [0.15, 0.2) is 64.0 Å². The molecule has 0 aliphatic rings. The van der Waals surface area contributed by atoms with E-state index in [2.05, 4.69) is 58.4 Å². The Hall–Kier alpha value is -0.770. The van der Waals surface area contributed by atoms with Gasteiger partial charge in [0, 0.05) is 14.6 Å². The van der Waals surface area contributed by atoms with Gasteiger partial charge in [0.05, 0.1) is 0 Å². The fraction of sp³-hybridized carbons (Fsp3) is 0.200. The molecule has 1 atom stereocenters. The molecular weight excluding hydrogens is 306 g/mol. The molecule has 0 saturated carbocycles. The molecule has 0 bridgehead atoms. The molecule has 94 valence electrons. The molecule has 0 radical (unpaired) electrons. The standard InChI is InChI=1S/C15H16BrNS/c16-13-7-4-8-14(11-13)18-15(9-10-17)12-5-2-1-3-6-12/h1-8,11,15H,9-10,17H2. The minimum atomic E-state index is 0.422. The van der Waals surface area contributed by atoms with Gasteiger partial charge < -0.3 is 5.73 Å². The molecule has 2 aromatic rings. The minimum Gasteiger partial charge on any atom is -0.330 e. The second kappa shape index (κ2) is 6.98. The van der Waals surface area contributed by atoms with Crippen molar-refractivity contribution in [3.05, 3.63) is 64.6 Å². The zero-order valence-corrected chi connectivity index (χ0v) is 12.5. The molecule has 1 nitrogen and oxygen atoms in total. The summed E-state index contributed by atoms with van der Waals surface area (Å²) in [6.45, 7) is 0.709. The van der Waals surface area contributed by atoms with Gasteiger partial charge in [0.25, 0.3) is 0 Å². The van der Waals surface area contributed by atoms with Crippen molar-refractivity contribution in [1.29, 1.82) is 0 Å². The molecule has 0 aliphatic carbocycles. The molecule has 2 rings (SSSR count). The summed E-state index contributed by atoms with van der Waals surface area (Å²) in [6, 6.07) is 19.0. The fourth-order valence-electron chi connectivity index (χ4n) is 1.82. The Morgan fingerprint density at radius 3 is 2.50 bits per heavy atom. The van der Waals surface area contributed by atoms with Gasteiger partial charge in [-0.3, -0.25) is 0 Å². The molecule has 0 amide bonds. The molecule has 1 unspecified atom stereocenters. The van der Waals surface area contributed by atoms with Crippen LogP contribution in [-0.2, 0) is 0 Å². The fourth-order valence-corrected chi connectivity index (χ4v) is 3.60. The lowest BCUT2D eigenvalue weighted by molar-refractivity contribution is 0.814. The van der Waals surface area contributed by atoms with Crippen molar-refractivity contribution in [2.75, 3.05) is 6.54 Å². The molecule has 0 saturated heterocycles. The van der Waals surface area contributed by atoms with Crippen molar-refractivity contribution in [3.63, 3.8) is 0 Å². The van der Waals surface area contributed by atoms with Gasteiger partial charge in [-0.2, -0.15) is 0 Å². The summed E-state index contributed by atoms with van der Waals surface area (Å²) in [6.07, 6.45) is 0.987. The number of hydrogen-bond donors (Lipinski definition) is 1. The number of rotatable bonds is 5. The highest BCUT2D eigenvalue weighted by atomic mass is 79.9. The highest BCUT2D eigenvalue weighted by Gasteiger charge is 2.12. The van der Waals surface area contributed by atoms with Gasteiger partial charge in [0.2, 0.25) is 0 Å². The zero-order valence-electron chi connectivity index (χ0n) is 10.1. The van der Waals surface area contributed by atoms with E-state index in [1.54, 1.807) is 0 Å². The van der Waals surface area contributed by atoms with Crippen LogP contribution >= 0.6 is 27.7 Å². The van der Waals surface area contributed by atoms with Crippen molar-refractivity contribution in [2.24, 2.45) is 5.73 Å². The van der Waals surface area contributed by atoms with Crippen molar-refractivity contribution in [3.8, 4) is 0 Å². The largest absolute Gasteiger partial charge is 0.330 e. The molecule has 18 heavy (non-hydrogen) atoms. The average Bonchev–Trinajstić information content (AvgIpc) is 2.39. The molecule has 2 aromatic carbocycles. The quantitative estimate of drug-likeness (QED) is 0.812. The number of thioether (sulfide) groups is 1. The third-order valence-electron chi connectivity index (χ3n) is 2.67. The lowest BCUT2D eigenvalue weighted by Crippen LogP contribution is -2.04. The Bertz CT molecular complexity index is 487. The molecule has 0 heterocycles. The Kier molecular flexibility index (Phi) is 5.29. The van der Waals surface area contributed by atoms with Gasteiger partial charge >= 0.3 is 0 Å². The summed E-state index contributed by atoms with van der Waals surface area (Å²) >= 11 is 5.38. The number of hydrogen-bond acceptors (Lipinski definition) is 2. The molecule has 0 spiro atoms. The normalized spacial score (nSPS) is 12.3. The third-order valence-corrected chi connectivity index (χ3v) is 4.49. The number of benzene rings is 2. The third kappa shape index (κ3) is 3.87. The topological polar surface area (TPSA) is 26.0 Å². The highest BCUT2D eigenvalue weighted by Crippen LogP contribution is 2.38. The molecule has 0 fully saturated rings. The Labute approximate surface area is 121 Å². The number of halogens is 1. The molecular formula is C15H16BrNS. The van der Waals surface area contributed by atoms with Crippen LogP contribution in [0.3, 0.4) is 0 Å². The second-order valence-electron chi connectivity index (χ2n) is 4.05. The summed E-state index contributed by atoms with van der Waals surface area (Å²) in [7, 11) is 0. The van der Waals surface area contributed by atoms with E-state index in [1.165, 1.54) is 10.5 Å². The van der Waals surface area contributed by atoms with Crippen LogP contribution in [0.25, 0.3) is 0 Å². The van der Waals surface area contributed by atoms with Gasteiger partial charge in [-0.15, -0.1) is 11.8 Å². The van der Waals surface area contributed by atoms with Crippen molar-refractivity contribution in [1.82, 2.24) is 0 Å². The minimum absolute atomic E-state index is 0.422. The Morgan fingerprint density at radius 1 is 1.06 bits per heavy atom. The molecule has 2 N–H and O–H groups in total. The van der Waals surface area contributed by atoms with Crippen LogP contribution in [0.1, 0.15) is 17.2 Å². The van der Waals surface area contributed by atoms with Gasteiger partial charge in [-0.25, -0.2) is 0 Å². The summed E-state index contributed by atoms with van der Waals surface area (Å²) < 4.78 is 1.12. The maximum Gasteiger partial charge on any atom is 0.0356 e. The highest BCUT2D eigenvalue weighted by molar-refractivity contribution is 9.10. The van der Waals surface area contributed by atoms with E-state index < -0.39 is 0 Å². The van der Waals surface area contributed by atoms with E-state index in [0.717, 1.165) is 10.9 Å². The van der Waals surface area contributed by atoms with Crippen LogP contribution in [0.2, 0.25) is 0 Å². The predicted molar refractivity (Wildman–Crippen MR) is 82.9 cm³/mol. The van der Waals surface area contributed by atoms with E-state index in [9.17, 15) is 0 Å². The maximum absolute atomic E-state index is 5.73. The second-order valence-corrected chi connectivity index (χ2v) is 6.24. The van der Waals surface area contributed by atoms with E-state index in [4.69, 9.17) is 5.73 Å². The maximum atomic E-state index is 5.73. The first kappa shape index (κ1) is 13.7. The van der Waals surface area contributed by atoms with E-state index in [1.807, 2.05) is 23.9 Å². The van der Waals surface area contributed by atoms with Crippen molar-refractivity contribution < 1.29 is 0 Å². The van der Waals surface area contributed by atoms with Gasteiger partial charge in [0.1, 0.15) is 0 Å². The van der Waals surface area contributed by atoms with Crippen molar-refractivity contribution >= 4 is 27.7 Å². The first-order valence-electron chi connectivity index (χ1n) is 5.97. The lowest BCUT2D eigenvalue weighted by Gasteiger charge is -2.16. The van der Waals surface area contributed by atoms with E-state index >= 15 is 0 Å². The SMILES string of the molecule is NCCC(Sc1cccc(Br)c1)c1ccccc1. The zero-order chi connectivity index (χ0) is 12.8. The lowest BCUT2D eigenvalue weighted by atomic mass is 10.1. The summed E-state index contributed by atoms with van der Waals surface area (Å²) in [5, 5.41) is 0.422. The smallest absolute Gasteiger partial charge is 0.0356 e. The van der Waals surface area contributed by atoms with Crippen LogP contribution in [0.5, 0.6) is 0 Å². The predicted octanol–water partition coefficient (Wildman–Crippen LogP) is 4.63. The summed E-state index contributed by atoms with van der Waals surface area (Å²) in [4.78, 5) is 1.27. The van der Waals surface area contributed by atoms with E-state index in [-0.39, 0.29) is 0 Å². The van der Waals surface area contributed by atoms with E-state index in [0.29, 0.717) is 11.8 Å². The Morgan fingerprint density at radius 2 is 1.83 bits per heavy atom. The molecule has 0 aliphatic heterocycles. The van der Waals surface area contributed by atoms with Gasteiger partial charge in [-0.1, -0.05) is 52.3 Å². The van der Waals surface area contributed by atoms with Crippen LogP contribution in [0.4, 0.5) is 0 Å². The molecule has 0 aromatic heterocycles. The summed E-state index contributed by atoms with van der Waals surface area (Å²) in [5.74, 6) is 0. The average molecular weight is 322 g/mol. The number of nitrogens with two attached hydrogens (primary N) is 1. The summed E-state index contributed by atoms with van der Waals surface area (Å²) in [5.41, 5.74) is 7.07. The first-order chi connectivity index (χ1) is 8.79. The van der Waals surface area contributed by atoms with Crippen molar-refractivity contribution in [2.45, 2.75) is 16.6 Å². The van der Waals surface area contributed by atoms with Crippen LogP contribution < -0.4 is 5.73 Å². The first-order valence-corrected chi connectivity index (χ1v) is 7.64. The molecule has 3 heteroatoms. The monoisotopic (exact) mass is 321 g/mol. The van der Waals surface area contributed by atoms with Gasteiger partial charge in [0.15, 0.2) is 0 Å². The van der Waals surface area contributed by atoms with Crippen LogP contribution in [0, 0.1) is 0 Å². The van der Waals surface area contributed by atoms with Gasteiger partial charge in [-0.05, 0) is 36.7 Å². The Balaban J connectivity index is 2.16.